The number of phenols is 1. The molecule has 2 amide bonds. The average Bonchev–Trinajstić information content (AvgIpc) is 3.10. The normalized spacial score (nSPS) is 22.6. The molecule has 290 valence electrons. The molecule has 0 heterocycles. The molecule has 0 spiro atoms. The highest BCUT2D eigenvalue weighted by Gasteiger charge is 2.64. The number of aromatic hydroxyl groups is 1. The minimum absolute atomic E-state index is 0.0615. The summed E-state index contributed by atoms with van der Waals surface area (Å²) in [5, 5.41) is 52.2. The van der Waals surface area contributed by atoms with Crippen LogP contribution in [0.3, 0.4) is 0 Å². The summed E-state index contributed by atoms with van der Waals surface area (Å²) in [6, 6.07) is 9.29. The van der Waals surface area contributed by atoms with Crippen molar-refractivity contribution in [1.82, 2.24) is 10.2 Å². The van der Waals surface area contributed by atoms with Gasteiger partial charge in [-0.15, -0.1) is 0 Å². The highest BCUT2D eigenvalue weighted by atomic mass is 35.5. The Labute approximate surface area is 319 Å². The van der Waals surface area contributed by atoms with Gasteiger partial charge in [0, 0.05) is 43.8 Å². The largest absolute Gasteiger partial charge is 0.508 e. The lowest BCUT2D eigenvalue weighted by molar-refractivity contribution is -0.153. The van der Waals surface area contributed by atoms with E-state index >= 15 is 4.39 Å². The lowest BCUT2D eigenvalue weighted by Crippen LogP contribution is -2.65. The van der Waals surface area contributed by atoms with Gasteiger partial charge in [-0.25, -0.2) is 8.78 Å². The molecule has 1 fully saturated rings. The zero-order chi connectivity index (χ0) is 40.3. The zero-order valence-electron chi connectivity index (χ0n) is 30.3. The van der Waals surface area contributed by atoms with Crippen LogP contribution in [0, 0.1) is 23.5 Å². The first kappa shape index (κ1) is 39.3. The van der Waals surface area contributed by atoms with Crippen LogP contribution in [0.2, 0.25) is 5.02 Å². The number of ketones is 2. The number of phenolic OH excluding ortho intramolecular Hbond substituents is 1. The van der Waals surface area contributed by atoms with E-state index in [1.807, 2.05) is 30.3 Å². The lowest BCUT2D eigenvalue weighted by Gasteiger charge is -2.50. The number of anilines is 2. The fourth-order valence-corrected chi connectivity index (χ4v) is 8.61. The number of Topliss-reactive ketones (excluding diaryl/α,β-unsaturated/α-hetero) is 2. The third-order valence-corrected chi connectivity index (χ3v) is 11.0. The van der Waals surface area contributed by atoms with Crippen LogP contribution in [0.15, 0.2) is 65.4 Å². The van der Waals surface area contributed by atoms with Gasteiger partial charge in [-0.05, 0) is 56.5 Å². The van der Waals surface area contributed by atoms with Gasteiger partial charge in [0.2, 0.25) is 11.7 Å². The number of nitrogens with one attached hydrogen (secondary N) is 2. The number of primary amides is 1. The predicted molar refractivity (Wildman–Crippen MR) is 199 cm³/mol. The van der Waals surface area contributed by atoms with Crippen LogP contribution in [0.25, 0.3) is 5.76 Å². The van der Waals surface area contributed by atoms with E-state index < -0.39 is 98.6 Å². The Bertz CT molecular complexity index is 2190. The molecule has 0 aromatic heterocycles. The van der Waals surface area contributed by atoms with Crippen LogP contribution < -0.4 is 21.3 Å². The van der Waals surface area contributed by atoms with Gasteiger partial charge in [0.25, 0.3) is 5.91 Å². The van der Waals surface area contributed by atoms with Gasteiger partial charge < -0.3 is 41.7 Å². The van der Waals surface area contributed by atoms with Gasteiger partial charge in [0.05, 0.1) is 22.3 Å². The first-order chi connectivity index (χ1) is 25.9. The molecule has 3 aromatic rings. The summed E-state index contributed by atoms with van der Waals surface area (Å²) in [5.74, 6) is -11.2. The molecule has 16 heteroatoms. The van der Waals surface area contributed by atoms with Crippen LogP contribution in [-0.4, -0.2) is 95.1 Å². The van der Waals surface area contributed by atoms with Crippen LogP contribution >= 0.6 is 11.6 Å². The number of halogens is 3. The van der Waals surface area contributed by atoms with Crippen molar-refractivity contribution in [2.75, 3.05) is 45.0 Å². The summed E-state index contributed by atoms with van der Waals surface area (Å²) in [6.45, 7) is 0.172. The molecule has 13 nitrogen and oxygen atoms in total. The summed E-state index contributed by atoms with van der Waals surface area (Å²) in [6.07, 6.45) is 0.227. The Hall–Kier alpha value is -5.35. The third-order valence-electron chi connectivity index (χ3n) is 10.6. The maximum atomic E-state index is 15.2. The lowest BCUT2D eigenvalue weighted by atomic mass is 9.57. The number of benzene rings is 3. The minimum Gasteiger partial charge on any atom is -0.508 e. The van der Waals surface area contributed by atoms with Gasteiger partial charge in [0.15, 0.2) is 17.1 Å². The second-order valence-corrected chi connectivity index (χ2v) is 14.8. The topological polar surface area (TPSA) is 206 Å². The maximum absolute atomic E-state index is 15.2. The van der Waals surface area contributed by atoms with Crippen LogP contribution in [0.1, 0.15) is 34.7 Å². The second-order valence-electron chi connectivity index (χ2n) is 14.4. The Morgan fingerprint density at radius 1 is 1.05 bits per heavy atom. The van der Waals surface area contributed by atoms with E-state index in [0.29, 0.717) is 12.5 Å². The van der Waals surface area contributed by atoms with Crippen molar-refractivity contribution < 1.29 is 48.4 Å². The minimum atomic E-state index is -2.86. The van der Waals surface area contributed by atoms with Crippen molar-refractivity contribution in [1.29, 1.82) is 0 Å². The second kappa shape index (κ2) is 14.7. The monoisotopic (exact) mass is 779 g/mol. The number of rotatable bonds is 10. The highest BCUT2D eigenvalue weighted by molar-refractivity contribution is 6.37. The third kappa shape index (κ3) is 6.50. The van der Waals surface area contributed by atoms with Gasteiger partial charge in [-0.1, -0.05) is 48.0 Å². The molecule has 0 bridgehead atoms. The average molecular weight is 780 g/mol. The van der Waals surface area contributed by atoms with Crippen LogP contribution in [0.4, 0.5) is 20.2 Å². The van der Waals surface area contributed by atoms with Gasteiger partial charge in [0.1, 0.15) is 40.5 Å². The van der Waals surface area contributed by atoms with Gasteiger partial charge >= 0.3 is 0 Å². The number of carbonyl (C=O) groups is 4. The molecule has 0 radical (unpaired) electrons. The SMILES string of the molecule is CN(C)c1c(Cl)c(NC(=O)C(NCCc2ccccc2)c2ccc(F)cc2F)c(O)c2c1CC1CC3[C@H](N(C)C)C(=O)C(C(N)=O)=C(O)[C@@]3(O)C(=O)C1=C2O. The maximum Gasteiger partial charge on any atom is 0.255 e. The van der Waals surface area contributed by atoms with Crippen LogP contribution in [-0.2, 0) is 32.0 Å². The number of nitrogens with zero attached hydrogens (tertiary/aromatic N) is 2. The summed E-state index contributed by atoms with van der Waals surface area (Å²) in [7, 11) is 6.23. The fourth-order valence-electron chi connectivity index (χ4n) is 8.19. The first-order valence-corrected chi connectivity index (χ1v) is 17.7. The number of carbonyl (C=O) groups excluding carboxylic acids is 4. The molecule has 3 aromatic carbocycles. The Morgan fingerprint density at radius 2 is 1.73 bits per heavy atom. The molecule has 0 aliphatic heterocycles. The van der Waals surface area contributed by atoms with Crippen molar-refractivity contribution >= 4 is 52.1 Å². The molecule has 55 heavy (non-hydrogen) atoms. The predicted octanol–water partition coefficient (Wildman–Crippen LogP) is 3.47. The molecule has 3 aliphatic rings. The van der Waals surface area contributed by atoms with E-state index in [2.05, 4.69) is 10.6 Å². The molecular formula is C39H40ClF2N5O8. The first-order valence-electron chi connectivity index (χ1n) is 17.3. The number of aliphatic hydroxyl groups excluding tert-OH is 2. The van der Waals surface area contributed by atoms with Crippen LogP contribution in [0.5, 0.6) is 5.75 Å². The summed E-state index contributed by atoms with van der Waals surface area (Å²) >= 11 is 6.91. The Kier molecular flexibility index (Phi) is 10.5. The van der Waals surface area contributed by atoms with E-state index in [9.17, 15) is 44.0 Å². The van der Waals surface area contributed by atoms with E-state index in [0.717, 1.165) is 17.7 Å². The molecule has 5 atom stereocenters. The quantitative estimate of drug-likeness (QED) is 0.117. The van der Waals surface area contributed by atoms with E-state index in [4.69, 9.17) is 17.3 Å². The molecular weight excluding hydrogens is 740 g/mol. The van der Waals surface area contributed by atoms with Crippen molar-refractivity contribution in [3.8, 4) is 5.75 Å². The highest BCUT2D eigenvalue weighted by Crippen LogP contribution is 2.56. The number of hydrogen-bond donors (Lipinski definition) is 7. The van der Waals surface area contributed by atoms with Gasteiger partial charge in [-0.2, -0.15) is 0 Å². The van der Waals surface area contributed by atoms with Crippen molar-refractivity contribution in [2.24, 2.45) is 17.6 Å². The Balaban J connectivity index is 1.45. The number of hydrogen-bond acceptors (Lipinski definition) is 11. The van der Waals surface area contributed by atoms with Crippen molar-refractivity contribution in [3.05, 3.63) is 104 Å². The smallest absolute Gasteiger partial charge is 0.255 e. The van der Waals surface area contributed by atoms with E-state index in [-0.39, 0.29) is 46.8 Å². The molecule has 8 N–H and O–H groups in total. The van der Waals surface area contributed by atoms with E-state index in [1.165, 1.54) is 19.0 Å². The molecule has 3 aliphatic carbocycles. The summed E-state index contributed by atoms with van der Waals surface area (Å²) in [4.78, 5) is 57.1. The summed E-state index contributed by atoms with van der Waals surface area (Å²) in [5.41, 5.74) is 1.69. The Morgan fingerprint density at radius 3 is 2.33 bits per heavy atom. The molecule has 0 saturated heterocycles. The fraction of sp³-hybridized carbons (Fsp3) is 0.333. The van der Waals surface area contributed by atoms with Crippen molar-refractivity contribution in [3.63, 3.8) is 0 Å². The number of aliphatic hydroxyl groups is 3. The molecule has 3 unspecified atom stereocenters. The number of nitrogens with two attached hydrogens (primary N) is 1. The number of fused-ring (bicyclic) bond motifs is 3. The number of amides is 2. The zero-order valence-corrected chi connectivity index (χ0v) is 31.0. The standard InChI is InChI=1S/C39H40ClF2N5O8/c1-46(2)30-21-14-18-15-22-31(47(3)4)34(50)26(37(43)53)36(52)39(22,55)35(51)24(18)32(48)25(21)33(49)29(27(30)40)45-38(54)28(20-11-10-19(41)16-23(20)42)44-13-12-17-8-6-5-7-9-17/h5-11,16,18,22,28,31,44,48-49,52,55H,12-15H2,1-4H3,(H2,43,53)(H,45,54)/t18?,22?,28?,31-,39-/m0/s1. The van der Waals surface area contributed by atoms with Crippen molar-refractivity contribution in [2.45, 2.75) is 36.9 Å². The molecule has 6 rings (SSSR count). The molecule has 1 saturated carbocycles. The van der Waals surface area contributed by atoms with E-state index in [1.54, 1.807) is 19.0 Å². The number of likely N-dealkylation sites (N-methyl/N-ethyl adjacent to an activating group) is 1. The summed E-state index contributed by atoms with van der Waals surface area (Å²) < 4.78 is 29.1. The van der Waals surface area contributed by atoms with Gasteiger partial charge in [-0.3, -0.25) is 24.1 Å².